The average Bonchev–Trinajstić information content (AvgIpc) is 2.86. The smallest absolute Gasteiger partial charge is 0.229 e. The van der Waals surface area contributed by atoms with Crippen LogP contribution in [0.2, 0.25) is 0 Å². The summed E-state index contributed by atoms with van der Waals surface area (Å²) in [5, 5.41) is 9.91. The Kier molecular flexibility index (Phi) is 9.15. The van der Waals surface area contributed by atoms with Crippen molar-refractivity contribution < 1.29 is 9.47 Å². The number of aliphatic imine (C=N–C) groups is 1. The summed E-state index contributed by atoms with van der Waals surface area (Å²) in [4.78, 5) is 15.9. The molecule has 3 N–H and O–H groups in total. The second-order valence-electron chi connectivity index (χ2n) is 8.30. The summed E-state index contributed by atoms with van der Waals surface area (Å²) in [5.41, 5.74) is 2.57. The van der Waals surface area contributed by atoms with E-state index in [1.165, 1.54) is 0 Å². The fourth-order valence-corrected chi connectivity index (χ4v) is 3.84. The Hall–Kier alpha value is -3.60. The van der Waals surface area contributed by atoms with Crippen LogP contribution < -0.4 is 20.7 Å². The third-order valence-electron chi connectivity index (χ3n) is 5.33. The first kappa shape index (κ1) is 25.5. The first-order chi connectivity index (χ1) is 17.5. The number of rotatable bonds is 7. The molecule has 0 aliphatic carbocycles. The van der Waals surface area contributed by atoms with Crippen LogP contribution in [0.15, 0.2) is 65.7 Å². The van der Waals surface area contributed by atoms with Gasteiger partial charge in [-0.2, -0.15) is 0 Å². The lowest BCUT2D eigenvalue weighted by atomic mass is 10.3. The molecule has 0 spiro atoms. The molecule has 1 aliphatic heterocycles. The predicted octanol–water partition coefficient (Wildman–Crippen LogP) is 3.97. The highest BCUT2D eigenvalue weighted by atomic mass is 32.1. The number of nitrogens with one attached hydrogen (secondary N) is 3. The number of aryl methyl sites for hydroxylation is 2. The number of ether oxygens (including phenoxy) is 2. The van der Waals surface area contributed by atoms with Gasteiger partial charge in [0, 0.05) is 36.7 Å². The minimum absolute atomic E-state index is 0.397. The van der Waals surface area contributed by atoms with Gasteiger partial charge < -0.3 is 20.1 Å². The zero-order chi connectivity index (χ0) is 25.2. The SMILES string of the molecule is Cc1cc(C)nc(NC(=NCCN2CCOCC2)NC(=S)Nc2ccc(Oc3ccccc3)cc2)n1. The Morgan fingerprint density at radius 3 is 2.33 bits per heavy atom. The van der Waals surface area contributed by atoms with Crippen molar-refractivity contribution in [2.75, 3.05) is 50.0 Å². The number of guanidine groups is 1. The average molecular weight is 506 g/mol. The van der Waals surface area contributed by atoms with E-state index in [4.69, 9.17) is 26.7 Å². The molecule has 0 unspecified atom stereocenters. The summed E-state index contributed by atoms with van der Waals surface area (Å²) >= 11 is 5.55. The molecule has 3 aromatic rings. The molecular formula is C26H31N7O2S. The van der Waals surface area contributed by atoms with Crippen molar-refractivity contribution >= 4 is 34.9 Å². The van der Waals surface area contributed by atoms with Crippen molar-refractivity contribution in [3.05, 3.63) is 72.1 Å². The molecule has 0 amide bonds. The molecule has 1 aliphatic rings. The third-order valence-corrected chi connectivity index (χ3v) is 5.53. The molecule has 1 saturated heterocycles. The predicted molar refractivity (Wildman–Crippen MR) is 147 cm³/mol. The number of para-hydroxylation sites is 1. The quantitative estimate of drug-likeness (QED) is 0.250. The second-order valence-corrected chi connectivity index (χ2v) is 8.71. The maximum atomic E-state index is 5.85. The fraction of sp³-hybridized carbons (Fsp3) is 0.308. The van der Waals surface area contributed by atoms with Crippen LogP contribution in [0, 0.1) is 13.8 Å². The number of benzene rings is 2. The number of anilines is 2. The molecule has 188 valence electrons. The molecular weight excluding hydrogens is 474 g/mol. The lowest BCUT2D eigenvalue weighted by Gasteiger charge is -2.25. The largest absolute Gasteiger partial charge is 0.457 e. The second kappa shape index (κ2) is 12.9. The topological polar surface area (TPSA) is 95.9 Å². The van der Waals surface area contributed by atoms with Crippen molar-refractivity contribution in [3.8, 4) is 11.5 Å². The monoisotopic (exact) mass is 505 g/mol. The number of morpholine rings is 1. The molecule has 4 rings (SSSR count). The Morgan fingerprint density at radius 2 is 1.64 bits per heavy atom. The van der Waals surface area contributed by atoms with Gasteiger partial charge in [0.25, 0.3) is 0 Å². The summed E-state index contributed by atoms with van der Waals surface area (Å²) in [6, 6.07) is 19.2. The van der Waals surface area contributed by atoms with E-state index < -0.39 is 0 Å². The maximum Gasteiger partial charge on any atom is 0.229 e. The first-order valence-electron chi connectivity index (χ1n) is 11.9. The zero-order valence-electron chi connectivity index (χ0n) is 20.5. The van der Waals surface area contributed by atoms with Gasteiger partial charge in [-0.25, -0.2) is 9.97 Å². The van der Waals surface area contributed by atoms with Gasteiger partial charge in [0.1, 0.15) is 11.5 Å². The fourth-order valence-electron chi connectivity index (χ4n) is 3.63. The van der Waals surface area contributed by atoms with Crippen LogP contribution in [0.4, 0.5) is 11.6 Å². The van der Waals surface area contributed by atoms with E-state index in [0.29, 0.717) is 23.6 Å². The number of hydrogen-bond acceptors (Lipinski definition) is 7. The van der Waals surface area contributed by atoms with Gasteiger partial charge in [-0.15, -0.1) is 0 Å². The van der Waals surface area contributed by atoms with Crippen LogP contribution in [-0.4, -0.2) is 65.3 Å². The summed E-state index contributed by atoms with van der Waals surface area (Å²) in [6.07, 6.45) is 0. The van der Waals surface area contributed by atoms with Crippen LogP contribution in [-0.2, 0) is 4.74 Å². The van der Waals surface area contributed by atoms with Crippen LogP contribution in [0.25, 0.3) is 0 Å². The van der Waals surface area contributed by atoms with Crippen molar-refractivity contribution in [1.29, 1.82) is 0 Å². The summed E-state index contributed by atoms with van der Waals surface area (Å²) < 4.78 is 11.3. The van der Waals surface area contributed by atoms with Crippen molar-refractivity contribution in [2.45, 2.75) is 13.8 Å². The lowest BCUT2D eigenvalue weighted by Crippen LogP contribution is -2.41. The van der Waals surface area contributed by atoms with Gasteiger partial charge >= 0.3 is 0 Å². The van der Waals surface area contributed by atoms with E-state index >= 15 is 0 Å². The molecule has 2 heterocycles. The van der Waals surface area contributed by atoms with Crippen LogP contribution >= 0.6 is 12.2 Å². The van der Waals surface area contributed by atoms with E-state index in [9.17, 15) is 0 Å². The van der Waals surface area contributed by atoms with E-state index in [1.54, 1.807) is 0 Å². The van der Waals surface area contributed by atoms with Gasteiger partial charge in [0.05, 0.1) is 19.8 Å². The van der Waals surface area contributed by atoms with Crippen molar-refractivity contribution in [3.63, 3.8) is 0 Å². The van der Waals surface area contributed by atoms with E-state index in [1.807, 2.05) is 74.5 Å². The van der Waals surface area contributed by atoms with Gasteiger partial charge in [0.15, 0.2) is 5.11 Å². The van der Waals surface area contributed by atoms with E-state index in [2.05, 4.69) is 30.8 Å². The normalized spacial score (nSPS) is 14.2. The Bertz CT molecular complexity index is 1150. The third kappa shape index (κ3) is 8.26. The van der Waals surface area contributed by atoms with Gasteiger partial charge in [-0.05, 0) is 68.5 Å². The molecule has 2 aromatic carbocycles. The number of nitrogens with zero attached hydrogens (tertiary/aromatic N) is 4. The van der Waals surface area contributed by atoms with Crippen LogP contribution in [0.5, 0.6) is 11.5 Å². The highest BCUT2D eigenvalue weighted by Gasteiger charge is 2.11. The standard InChI is InChI=1S/C26H31N7O2S/c1-19-18-20(2)29-25(28-19)31-24(27-12-13-33-14-16-34-17-15-33)32-26(36)30-21-8-10-23(11-9-21)35-22-6-4-3-5-7-22/h3-11,18H,12-17H2,1-2H3,(H3,27,28,29,30,31,32,36). The molecule has 0 bridgehead atoms. The zero-order valence-corrected chi connectivity index (χ0v) is 21.3. The Labute approximate surface area is 217 Å². The Balaban J connectivity index is 1.37. The van der Waals surface area contributed by atoms with E-state index in [-0.39, 0.29) is 0 Å². The number of thiocarbonyl (C=S) groups is 1. The first-order valence-corrected chi connectivity index (χ1v) is 12.3. The number of aromatic nitrogens is 2. The van der Waals surface area contributed by atoms with Crippen LogP contribution in [0.1, 0.15) is 11.4 Å². The maximum absolute atomic E-state index is 5.85. The molecule has 0 saturated carbocycles. The van der Waals surface area contributed by atoms with E-state index in [0.717, 1.165) is 61.4 Å². The molecule has 0 radical (unpaired) electrons. The molecule has 1 fully saturated rings. The molecule has 36 heavy (non-hydrogen) atoms. The minimum Gasteiger partial charge on any atom is -0.457 e. The van der Waals surface area contributed by atoms with Crippen molar-refractivity contribution in [1.82, 2.24) is 20.2 Å². The number of hydrogen-bond donors (Lipinski definition) is 3. The molecule has 1 aromatic heterocycles. The van der Waals surface area contributed by atoms with Gasteiger partial charge in [-0.1, -0.05) is 18.2 Å². The summed E-state index contributed by atoms with van der Waals surface area (Å²) in [7, 11) is 0. The highest BCUT2D eigenvalue weighted by molar-refractivity contribution is 7.80. The molecule has 9 nitrogen and oxygen atoms in total. The lowest BCUT2D eigenvalue weighted by molar-refractivity contribution is 0.0394. The van der Waals surface area contributed by atoms with Gasteiger partial charge in [0.2, 0.25) is 11.9 Å². The molecule has 10 heteroatoms. The Morgan fingerprint density at radius 1 is 0.972 bits per heavy atom. The molecule has 0 atom stereocenters. The summed E-state index contributed by atoms with van der Waals surface area (Å²) in [6.45, 7) is 8.62. The van der Waals surface area contributed by atoms with Crippen LogP contribution in [0.3, 0.4) is 0 Å². The van der Waals surface area contributed by atoms with Crippen molar-refractivity contribution in [2.24, 2.45) is 4.99 Å². The minimum atomic E-state index is 0.397. The summed E-state index contributed by atoms with van der Waals surface area (Å²) in [5.74, 6) is 2.47. The highest BCUT2D eigenvalue weighted by Crippen LogP contribution is 2.22. The van der Waals surface area contributed by atoms with Gasteiger partial charge in [-0.3, -0.25) is 15.2 Å².